The summed E-state index contributed by atoms with van der Waals surface area (Å²) in [4.78, 5) is 16.3. The van der Waals surface area contributed by atoms with Gasteiger partial charge in [0.2, 0.25) is 0 Å². The molecule has 0 aromatic heterocycles. The summed E-state index contributed by atoms with van der Waals surface area (Å²) in [5.74, 6) is 0.448. The summed E-state index contributed by atoms with van der Waals surface area (Å²) in [6, 6.07) is 0. The van der Waals surface area contributed by atoms with Crippen LogP contribution in [0.5, 0.6) is 0 Å². The average Bonchev–Trinajstić information content (AvgIpc) is 2.43. The molecule has 1 saturated heterocycles. The van der Waals surface area contributed by atoms with Crippen molar-refractivity contribution in [3.8, 4) is 0 Å². The third-order valence-corrected chi connectivity index (χ3v) is 4.02. The molecule has 1 aliphatic heterocycles. The number of hydrogen-bond acceptors (Lipinski definition) is 3. The van der Waals surface area contributed by atoms with Crippen molar-refractivity contribution in [2.24, 2.45) is 0 Å². The summed E-state index contributed by atoms with van der Waals surface area (Å²) in [7, 11) is 0. The SMILES string of the molecule is CCCCN(CCCC)CCCN1CCC(=O)CC1. The van der Waals surface area contributed by atoms with Gasteiger partial charge in [-0.1, -0.05) is 26.7 Å². The van der Waals surface area contributed by atoms with Gasteiger partial charge in [-0.25, -0.2) is 0 Å². The molecule has 19 heavy (non-hydrogen) atoms. The summed E-state index contributed by atoms with van der Waals surface area (Å²) in [5.41, 5.74) is 0. The molecule has 0 spiro atoms. The predicted octanol–water partition coefficient (Wildman–Crippen LogP) is 2.94. The van der Waals surface area contributed by atoms with E-state index in [4.69, 9.17) is 0 Å². The van der Waals surface area contributed by atoms with E-state index in [0.29, 0.717) is 5.78 Å². The fraction of sp³-hybridized carbons (Fsp3) is 0.938. The number of piperidine rings is 1. The van der Waals surface area contributed by atoms with Gasteiger partial charge in [0, 0.05) is 25.9 Å². The van der Waals surface area contributed by atoms with Crippen LogP contribution in [0, 0.1) is 0 Å². The molecule has 0 aromatic carbocycles. The molecule has 0 aromatic rings. The van der Waals surface area contributed by atoms with E-state index >= 15 is 0 Å². The fourth-order valence-electron chi connectivity index (χ4n) is 2.64. The van der Waals surface area contributed by atoms with Crippen LogP contribution in [0.25, 0.3) is 0 Å². The summed E-state index contributed by atoms with van der Waals surface area (Å²) in [6.45, 7) is 11.4. The van der Waals surface area contributed by atoms with E-state index < -0.39 is 0 Å². The Balaban J connectivity index is 2.13. The lowest BCUT2D eigenvalue weighted by Gasteiger charge is -2.27. The van der Waals surface area contributed by atoms with Crippen LogP contribution in [-0.4, -0.2) is 54.9 Å². The second-order valence-corrected chi connectivity index (χ2v) is 5.78. The minimum atomic E-state index is 0.448. The van der Waals surface area contributed by atoms with Crippen molar-refractivity contribution in [1.82, 2.24) is 9.80 Å². The third-order valence-electron chi connectivity index (χ3n) is 4.02. The molecule has 1 rings (SSSR count). The van der Waals surface area contributed by atoms with Gasteiger partial charge in [-0.2, -0.15) is 0 Å². The molecule has 3 nitrogen and oxygen atoms in total. The first-order valence-corrected chi connectivity index (χ1v) is 8.22. The lowest BCUT2D eigenvalue weighted by molar-refractivity contribution is -0.121. The van der Waals surface area contributed by atoms with Gasteiger partial charge in [0.25, 0.3) is 0 Å². The number of carbonyl (C=O) groups excluding carboxylic acids is 1. The Kier molecular flexibility index (Phi) is 9.10. The molecule has 0 saturated carbocycles. The number of carbonyl (C=O) groups is 1. The molecule has 0 unspecified atom stereocenters. The van der Waals surface area contributed by atoms with Crippen molar-refractivity contribution in [2.75, 3.05) is 39.3 Å². The van der Waals surface area contributed by atoms with Gasteiger partial charge in [0.15, 0.2) is 0 Å². The highest BCUT2D eigenvalue weighted by Gasteiger charge is 2.15. The molecular formula is C16H32N2O. The topological polar surface area (TPSA) is 23.6 Å². The lowest BCUT2D eigenvalue weighted by Crippen LogP contribution is -2.36. The van der Waals surface area contributed by atoms with E-state index in [0.717, 1.165) is 25.9 Å². The molecule has 1 heterocycles. The number of Topliss-reactive ketones (excluding diaryl/α,β-unsaturated/α-hetero) is 1. The Hall–Kier alpha value is -0.410. The first kappa shape index (κ1) is 16.6. The van der Waals surface area contributed by atoms with Crippen molar-refractivity contribution >= 4 is 5.78 Å². The highest BCUT2D eigenvalue weighted by atomic mass is 16.1. The summed E-state index contributed by atoms with van der Waals surface area (Å²) < 4.78 is 0. The van der Waals surface area contributed by atoms with Crippen LogP contribution in [0.4, 0.5) is 0 Å². The minimum absolute atomic E-state index is 0.448. The molecule has 0 bridgehead atoms. The van der Waals surface area contributed by atoms with Crippen LogP contribution in [0.1, 0.15) is 58.8 Å². The van der Waals surface area contributed by atoms with E-state index in [1.165, 1.54) is 58.3 Å². The maximum absolute atomic E-state index is 11.2. The summed E-state index contributed by atoms with van der Waals surface area (Å²) in [5, 5.41) is 0. The fourth-order valence-corrected chi connectivity index (χ4v) is 2.64. The van der Waals surface area contributed by atoms with Gasteiger partial charge in [-0.15, -0.1) is 0 Å². The second kappa shape index (κ2) is 10.4. The molecule has 1 aliphatic rings. The normalized spacial score (nSPS) is 17.3. The number of nitrogens with zero attached hydrogens (tertiary/aromatic N) is 2. The monoisotopic (exact) mass is 268 g/mol. The molecule has 0 N–H and O–H groups in total. The standard InChI is InChI=1S/C16H32N2O/c1-3-5-10-17(11-6-4-2)12-7-13-18-14-8-16(19)9-15-18/h3-15H2,1-2H3. The maximum atomic E-state index is 11.2. The van der Waals surface area contributed by atoms with Gasteiger partial charge in [-0.05, 0) is 45.4 Å². The van der Waals surface area contributed by atoms with Gasteiger partial charge in [0.1, 0.15) is 5.78 Å². The molecule has 0 aliphatic carbocycles. The zero-order chi connectivity index (χ0) is 13.9. The number of ketones is 1. The van der Waals surface area contributed by atoms with E-state index in [-0.39, 0.29) is 0 Å². The van der Waals surface area contributed by atoms with E-state index in [9.17, 15) is 4.79 Å². The Morgan fingerprint density at radius 2 is 1.47 bits per heavy atom. The molecule has 0 atom stereocenters. The molecule has 3 heteroatoms. The first-order valence-electron chi connectivity index (χ1n) is 8.22. The van der Waals surface area contributed by atoms with Crippen molar-refractivity contribution in [2.45, 2.75) is 58.8 Å². The summed E-state index contributed by atoms with van der Waals surface area (Å²) in [6.07, 6.45) is 8.02. The van der Waals surface area contributed by atoms with Crippen molar-refractivity contribution in [1.29, 1.82) is 0 Å². The van der Waals surface area contributed by atoms with E-state index in [1.54, 1.807) is 0 Å². The molecule has 112 valence electrons. The van der Waals surface area contributed by atoms with Gasteiger partial charge in [0.05, 0.1) is 0 Å². The maximum Gasteiger partial charge on any atom is 0.135 e. The molecular weight excluding hydrogens is 236 g/mol. The largest absolute Gasteiger partial charge is 0.303 e. The van der Waals surface area contributed by atoms with E-state index in [1.807, 2.05) is 0 Å². The Morgan fingerprint density at radius 3 is 2.00 bits per heavy atom. The molecule has 0 radical (unpaired) electrons. The number of unbranched alkanes of at least 4 members (excludes halogenated alkanes) is 2. The second-order valence-electron chi connectivity index (χ2n) is 5.78. The van der Waals surface area contributed by atoms with Crippen LogP contribution in [0.15, 0.2) is 0 Å². The quantitative estimate of drug-likeness (QED) is 0.608. The zero-order valence-corrected chi connectivity index (χ0v) is 13.0. The summed E-state index contributed by atoms with van der Waals surface area (Å²) >= 11 is 0. The first-order chi connectivity index (χ1) is 9.26. The lowest BCUT2D eigenvalue weighted by atomic mass is 10.1. The average molecular weight is 268 g/mol. The Labute approximate surface area is 119 Å². The highest BCUT2D eigenvalue weighted by molar-refractivity contribution is 5.79. The zero-order valence-electron chi connectivity index (χ0n) is 13.0. The molecule has 0 amide bonds. The third kappa shape index (κ3) is 7.68. The van der Waals surface area contributed by atoms with Crippen LogP contribution < -0.4 is 0 Å². The van der Waals surface area contributed by atoms with Gasteiger partial charge >= 0.3 is 0 Å². The van der Waals surface area contributed by atoms with Crippen LogP contribution in [0.2, 0.25) is 0 Å². The Morgan fingerprint density at radius 1 is 0.947 bits per heavy atom. The Bertz CT molecular complexity index is 225. The number of likely N-dealkylation sites (tertiary alicyclic amines) is 1. The smallest absolute Gasteiger partial charge is 0.135 e. The number of hydrogen-bond donors (Lipinski definition) is 0. The van der Waals surface area contributed by atoms with Crippen LogP contribution in [0.3, 0.4) is 0 Å². The highest BCUT2D eigenvalue weighted by Crippen LogP contribution is 2.07. The predicted molar refractivity (Wildman–Crippen MR) is 81.6 cm³/mol. The van der Waals surface area contributed by atoms with Crippen molar-refractivity contribution < 1.29 is 4.79 Å². The van der Waals surface area contributed by atoms with Crippen LogP contribution >= 0.6 is 0 Å². The molecule has 1 fully saturated rings. The minimum Gasteiger partial charge on any atom is -0.303 e. The number of rotatable bonds is 10. The van der Waals surface area contributed by atoms with Crippen molar-refractivity contribution in [3.05, 3.63) is 0 Å². The van der Waals surface area contributed by atoms with Gasteiger partial charge in [-0.3, -0.25) is 4.79 Å². The van der Waals surface area contributed by atoms with E-state index in [2.05, 4.69) is 23.6 Å². The van der Waals surface area contributed by atoms with Crippen LogP contribution in [-0.2, 0) is 4.79 Å². The van der Waals surface area contributed by atoms with Crippen molar-refractivity contribution in [3.63, 3.8) is 0 Å². The van der Waals surface area contributed by atoms with Gasteiger partial charge < -0.3 is 9.80 Å².